The van der Waals surface area contributed by atoms with Gasteiger partial charge in [0.2, 0.25) is 0 Å². The van der Waals surface area contributed by atoms with E-state index in [1.807, 2.05) is 13.8 Å². The van der Waals surface area contributed by atoms with Crippen molar-refractivity contribution in [2.75, 3.05) is 14.2 Å². The van der Waals surface area contributed by atoms with Gasteiger partial charge in [0.05, 0.1) is 14.2 Å². The van der Waals surface area contributed by atoms with Crippen LogP contribution in [0.15, 0.2) is 18.2 Å². The van der Waals surface area contributed by atoms with Crippen molar-refractivity contribution in [2.24, 2.45) is 11.7 Å². The molecule has 11 nitrogen and oxygen atoms in total. The SMILES string of the molecule is CCC(C)CC(=O)O[C@@H](C)[C@H](C)OC(=O)[C@@H](N)Cc1ccc(OC(=O)OC)c(OC(=O)OC)c1. The van der Waals surface area contributed by atoms with Crippen LogP contribution in [0.2, 0.25) is 0 Å². The summed E-state index contributed by atoms with van der Waals surface area (Å²) in [5.74, 6) is -1.10. The Labute approximate surface area is 198 Å². The molecule has 0 bridgehead atoms. The van der Waals surface area contributed by atoms with Crippen molar-refractivity contribution < 1.29 is 47.6 Å². The van der Waals surface area contributed by atoms with Gasteiger partial charge in [-0.15, -0.1) is 0 Å². The standard InChI is InChI=1S/C23H33NO10/c1-7-13(2)10-20(25)31-14(3)15(4)32-21(26)17(24)11-16-8-9-18(33-22(27)29-5)19(12-16)34-23(28)30-6/h8-9,12-15,17H,7,10-11,24H2,1-6H3/t13?,14-,15-,17-/m0/s1. The Kier molecular flexibility index (Phi) is 11.8. The summed E-state index contributed by atoms with van der Waals surface area (Å²) in [5, 5.41) is 0. The summed E-state index contributed by atoms with van der Waals surface area (Å²) < 4.78 is 29.5. The number of benzene rings is 1. The summed E-state index contributed by atoms with van der Waals surface area (Å²) in [6.45, 7) is 7.17. The average molecular weight is 484 g/mol. The highest BCUT2D eigenvalue weighted by molar-refractivity contribution is 5.76. The first-order chi connectivity index (χ1) is 16.0. The summed E-state index contributed by atoms with van der Waals surface area (Å²) in [6.07, 6.45) is -2.27. The van der Waals surface area contributed by atoms with E-state index in [1.54, 1.807) is 13.8 Å². The Bertz CT molecular complexity index is 856. The molecule has 1 aromatic carbocycles. The van der Waals surface area contributed by atoms with Gasteiger partial charge in [0.1, 0.15) is 18.2 Å². The molecule has 0 aromatic heterocycles. The predicted molar refractivity (Wildman–Crippen MR) is 119 cm³/mol. The maximum absolute atomic E-state index is 12.5. The molecule has 0 radical (unpaired) electrons. The topological polar surface area (TPSA) is 150 Å². The summed E-state index contributed by atoms with van der Waals surface area (Å²) in [6, 6.07) is 3.18. The summed E-state index contributed by atoms with van der Waals surface area (Å²) in [5.41, 5.74) is 6.47. The van der Waals surface area contributed by atoms with Gasteiger partial charge in [-0.25, -0.2) is 9.59 Å². The second kappa shape index (κ2) is 14.0. The van der Waals surface area contributed by atoms with Crippen molar-refractivity contribution in [3.63, 3.8) is 0 Å². The minimum Gasteiger partial charge on any atom is -0.459 e. The molecule has 0 saturated heterocycles. The number of ether oxygens (including phenoxy) is 6. The normalized spacial score (nSPS) is 14.1. The highest BCUT2D eigenvalue weighted by Gasteiger charge is 2.25. The summed E-state index contributed by atoms with van der Waals surface area (Å²) >= 11 is 0. The molecule has 0 fully saturated rings. The molecule has 190 valence electrons. The number of hydrogen-bond donors (Lipinski definition) is 1. The monoisotopic (exact) mass is 483 g/mol. The fraction of sp³-hybridized carbons (Fsp3) is 0.565. The van der Waals surface area contributed by atoms with Gasteiger partial charge in [-0.05, 0) is 43.9 Å². The van der Waals surface area contributed by atoms with Gasteiger partial charge in [0, 0.05) is 6.42 Å². The number of methoxy groups -OCH3 is 2. The maximum atomic E-state index is 12.5. The molecule has 2 N–H and O–H groups in total. The molecule has 0 aliphatic rings. The molecule has 11 heteroatoms. The van der Waals surface area contributed by atoms with Crippen molar-refractivity contribution in [3.8, 4) is 11.5 Å². The van der Waals surface area contributed by atoms with E-state index in [-0.39, 0.29) is 36.2 Å². The van der Waals surface area contributed by atoms with Gasteiger partial charge < -0.3 is 34.2 Å². The lowest BCUT2D eigenvalue weighted by molar-refractivity contribution is -0.166. The van der Waals surface area contributed by atoms with Crippen LogP contribution in [0.3, 0.4) is 0 Å². The number of rotatable bonds is 11. The third kappa shape index (κ3) is 9.65. The first kappa shape index (κ1) is 28.7. The van der Waals surface area contributed by atoms with Crippen molar-refractivity contribution >= 4 is 24.2 Å². The zero-order valence-corrected chi connectivity index (χ0v) is 20.3. The highest BCUT2D eigenvalue weighted by Crippen LogP contribution is 2.30. The summed E-state index contributed by atoms with van der Waals surface area (Å²) in [4.78, 5) is 47.3. The van der Waals surface area contributed by atoms with Crippen LogP contribution in [0.4, 0.5) is 9.59 Å². The van der Waals surface area contributed by atoms with Crippen molar-refractivity contribution in [1.82, 2.24) is 0 Å². The lowest BCUT2D eigenvalue weighted by atomic mass is 10.1. The Hall–Kier alpha value is -3.34. The molecule has 1 aromatic rings. The molecule has 34 heavy (non-hydrogen) atoms. The Morgan fingerprint density at radius 3 is 2.00 bits per heavy atom. The van der Waals surface area contributed by atoms with E-state index in [9.17, 15) is 19.2 Å². The van der Waals surface area contributed by atoms with Crippen LogP contribution in [-0.2, 0) is 35.0 Å². The Balaban J connectivity index is 2.79. The largest absolute Gasteiger partial charge is 0.513 e. The molecular weight excluding hydrogens is 450 g/mol. The third-order valence-corrected chi connectivity index (χ3v) is 4.98. The molecular formula is C23H33NO10. The van der Waals surface area contributed by atoms with Crippen molar-refractivity contribution in [1.29, 1.82) is 0 Å². The van der Waals surface area contributed by atoms with Crippen molar-refractivity contribution in [2.45, 2.75) is 65.2 Å². The number of carbonyl (C=O) groups is 4. The second-order valence-corrected chi connectivity index (χ2v) is 7.76. The minimum atomic E-state index is -1.07. The van der Waals surface area contributed by atoms with Crippen LogP contribution >= 0.6 is 0 Å². The highest BCUT2D eigenvalue weighted by atomic mass is 16.7. The van der Waals surface area contributed by atoms with Crippen LogP contribution in [-0.4, -0.2) is 56.7 Å². The number of esters is 2. The van der Waals surface area contributed by atoms with E-state index < -0.39 is 36.5 Å². The quantitative estimate of drug-likeness (QED) is 0.281. The van der Waals surface area contributed by atoms with Crippen LogP contribution in [0.1, 0.15) is 46.1 Å². The van der Waals surface area contributed by atoms with Gasteiger partial charge in [-0.3, -0.25) is 9.59 Å². The first-order valence-corrected chi connectivity index (χ1v) is 10.8. The minimum absolute atomic E-state index is 0.0176. The van der Waals surface area contributed by atoms with Gasteiger partial charge in [0.25, 0.3) is 0 Å². The number of carbonyl (C=O) groups excluding carboxylic acids is 4. The molecule has 0 saturated carbocycles. The summed E-state index contributed by atoms with van der Waals surface area (Å²) in [7, 11) is 2.24. The van der Waals surface area contributed by atoms with E-state index in [1.165, 1.54) is 18.2 Å². The van der Waals surface area contributed by atoms with Gasteiger partial charge in [0.15, 0.2) is 11.5 Å². The number of nitrogens with two attached hydrogens (primary N) is 1. The Morgan fingerprint density at radius 2 is 1.44 bits per heavy atom. The van der Waals surface area contributed by atoms with Crippen LogP contribution in [0.25, 0.3) is 0 Å². The van der Waals surface area contributed by atoms with E-state index in [0.29, 0.717) is 5.56 Å². The lowest BCUT2D eigenvalue weighted by Gasteiger charge is -2.23. The molecule has 0 heterocycles. The zero-order valence-electron chi connectivity index (χ0n) is 20.3. The van der Waals surface area contributed by atoms with Crippen LogP contribution in [0.5, 0.6) is 11.5 Å². The van der Waals surface area contributed by atoms with E-state index >= 15 is 0 Å². The molecule has 0 aliphatic carbocycles. The maximum Gasteiger partial charge on any atom is 0.513 e. The number of hydrogen-bond acceptors (Lipinski definition) is 11. The van der Waals surface area contributed by atoms with E-state index in [0.717, 1.165) is 20.6 Å². The molecule has 4 atom stereocenters. The van der Waals surface area contributed by atoms with Crippen LogP contribution in [0, 0.1) is 5.92 Å². The zero-order chi connectivity index (χ0) is 25.8. The lowest BCUT2D eigenvalue weighted by Crippen LogP contribution is -2.39. The van der Waals surface area contributed by atoms with Crippen molar-refractivity contribution in [3.05, 3.63) is 23.8 Å². The van der Waals surface area contributed by atoms with Gasteiger partial charge >= 0.3 is 24.2 Å². The predicted octanol–water partition coefficient (Wildman–Crippen LogP) is 3.15. The molecule has 0 spiro atoms. The van der Waals surface area contributed by atoms with Crippen LogP contribution < -0.4 is 15.2 Å². The second-order valence-electron chi connectivity index (χ2n) is 7.76. The first-order valence-electron chi connectivity index (χ1n) is 10.8. The molecule has 1 rings (SSSR count). The fourth-order valence-electron chi connectivity index (χ4n) is 2.59. The average Bonchev–Trinajstić information content (AvgIpc) is 2.79. The third-order valence-electron chi connectivity index (χ3n) is 4.98. The van der Waals surface area contributed by atoms with E-state index in [2.05, 4.69) is 9.47 Å². The molecule has 0 amide bonds. The Morgan fingerprint density at radius 1 is 0.882 bits per heavy atom. The smallest absolute Gasteiger partial charge is 0.459 e. The fourth-order valence-corrected chi connectivity index (χ4v) is 2.59. The molecule has 0 aliphatic heterocycles. The van der Waals surface area contributed by atoms with Gasteiger partial charge in [-0.2, -0.15) is 0 Å². The van der Waals surface area contributed by atoms with Gasteiger partial charge in [-0.1, -0.05) is 26.3 Å². The van der Waals surface area contributed by atoms with E-state index in [4.69, 9.17) is 24.7 Å². The molecule has 1 unspecified atom stereocenters.